The van der Waals surface area contributed by atoms with Gasteiger partial charge in [0.15, 0.2) is 6.10 Å². The molecule has 0 aliphatic carbocycles. The topological polar surface area (TPSA) is 53.2 Å². The van der Waals surface area contributed by atoms with Crippen LogP contribution in [0.15, 0.2) is 24.3 Å². The van der Waals surface area contributed by atoms with E-state index in [2.05, 4.69) is 13.0 Å². The summed E-state index contributed by atoms with van der Waals surface area (Å²) in [6, 6.07) is 9.82. The van der Waals surface area contributed by atoms with Crippen molar-refractivity contribution in [2.24, 2.45) is 0 Å². The van der Waals surface area contributed by atoms with E-state index in [-0.39, 0.29) is 13.2 Å². The number of aryl methyl sites for hydroxylation is 1. The lowest BCUT2D eigenvalue weighted by molar-refractivity contribution is 0.0581. The number of rotatable bonds is 5. The minimum atomic E-state index is -0.581. The van der Waals surface area contributed by atoms with E-state index in [1.807, 2.05) is 24.3 Å². The fourth-order valence-electron chi connectivity index (χ4n) is 1.31. The van der Waals surface area contributed by atoms with Crippen LogP contribution in [0, 0.1) is 11.3 Å². The van der Waals surface area contributed by atoms with Crippen LogP contribution in [0.25, 0.3) is 0 Å². The summed E-state index contributed by atoms with van der Waals surface area (Å²) in [6.07, 6.45) is 0.401. The van der Waals surface area contributed by atoms with Crippen LogP contribution in [0.1, 0.15) is 24.2 Å². The summed E-state index contributed by atoms with van der Waals surface area (Å²) in [7, 11) is 0. The summed E-state index contributed by atoms with van der Waals surface area (Å²) < 4.78 is 5.19. The zero-order valence-corrected chi connectivity index (χ0v) is 8.81. The van der Waals surface area contributed by atoms with Crippen molar-refractivity contribution in [2.75, 3.05) is 13.2 Å². The monoisotopic (exact) mass is 205 g/mol. The molecule has 15 heavy (non-hydrogen) atoms. The Labute approximate surface area is 89.9 Å². The molecule has 80 valence electrons. The smallest absolute Gasteiger partial charge is 0.169 e. The lowest BCUT2D eigenvalue weighted by atomic mass is 10.1. The van der Waals surface area contributed by atoms with E-state index >= 15 is 0 Å². The number of hydrogen-bond acceptors (Lipinski definition) is 3. The molecule has 0 aliphatic heterocycles. The molecule has 0 saturated heterocycles. The van der Waals surface area contributed by atoms with E-state index in [0.717, 1.165) is 12.0 Å². The third-order valence-corrected chi connectivity index (χ3v) is 2.18. The zero-order chi connectivity index (χ0) is 11.1. The molecule has 1 rings (SSSR count). The Hall–Kier alpha value is -1.37. The Morgan fingerprint density at radius 1 is 1.40 bits per heavy atom. The van der Waals surface area contributed by atoms with Gasteiger partial charge in [-0.3, -0.25) is 0 Å². The first kappa shape index (κ1) is 11.7. The Bertz CT molecular complexity index is 326. The van der Waals surface area contributed by atoms with Crippen molar-refractivity contribution >= 4 is 0 Å². The highest BCUT2D eigenvalue weighted by molar-refractivity contribution is 5.27. The van der Waals surface area contributed by atoms with E-state index < -0.39 is 6.10 Å². The van der Waals surface area contributed by atoms with Gasteiger partial charge >= 0.3 is 0 Å². The average molecular weight is 205 g/mol. The van der Waals surface area contributed by atoms with Gasteiger partial charge in [0.2, 0.25) is 0 Å². The van der Waals surface area contributed by atoms with Gasteiger partial charge in [0.25, 0.3) is 0 Å². The van der Waals surface area contributed by atoms with Gasteiger partial charge in [0, 0.05) is 0 Å². The molecule has 0 heterocycles. The second-order valence-electron chi connectivity index (χ2n) is 3.20. The fraction of sp³-hybridized carbons (Fsp3) is 0.417. The molecule has 1 atom stereocenters. The highest BCUT2D eigenvalue weighted by Gasteiger charge is 2.09. The molecule has 3 heteroatoms. The van der Waals surface area contributed by atoms with Gasteiger partial charge in [-0.1, -0.05) is 31.2 Å². The van der Waals surface area contributed by atoms with Gasteiger partial charge in [-0.2, -0.15) is 5.26 Å². The standard InChI is InChI=1S/C12H15NO2/c1-2-10-3-5-11(6-4-10)12(9-13)15-8-7-14/h3-6,12,14H,2,7-8H2,1H3. The molecule has 1 aromatic rings. The highest BCUT2D eigenvalue weighted by Crippen LogP contribution is 2.17. The lowest BCUT2D eigenvalue weighted by Crippen LogP contribution is -2.06. The number of benzene rings is 1. The molecule has 0 amide bonds. The van der Waals surface area contributed by atoms with Gasteiger partial charge in [0.1, 0.15) is 0 Å². The first-order chi connectivity index (χ1) is 7.31. The van der Waals surface area contributed by atoms with E-state index in [4.69, 9.17) is 15.1 Å². The molecular formula is C12H15NO2. The SMILES string of the molecule is CCc1ccc(C(C#N)OCCO)cc1. The Morgan fingerprint density at radius 2 is 2.07 bits per heavy atom. The molecule has 1 unspecified atom stereocenters. The van der Waals surface area contributed by atoms with Crippen molar-refractivity contribution in [1.29, 1.82) is 5.26 Å². The number of ether oxygens (including phenoxy) is 1. The zero-order valence-electron chi connectivity index (χ0n) is 8.81. The number of hydrogen-bond donors (Lipinski definition) is 1. The highest BCUT2D eigenvalue weighted by atomic mass is 16.5. The van der Waals surface area contributed by atoms with Crippen LogP contribution in [0.4, 0.5) is 0 Å². The van der Waals surface area contributed by atoms with Crippen molar-refractivity contribution in [3.8, 4) is 6.07 Å². The Kier molecular flexibility index (Phi) is 4.82. The summed E-state index contributed by atoms with van der Waals surface area (Å²) in [5, 5.41) is 17.5. The predicted molar refractivity (Wildman–Crippen MR) is 57.2 cm³/mol. The number of nitrogens with zero attached hydrogens (tertiary/aromatic N) is 1. The molecule has 0 bridgehead atoms. The quantitative estimate of drug-likeness (QED) is 0.797. The molecule has 0 saturated carbocycles. The van der Waals surface area contributed by atoms with E-state index in [1.165, 1.54) is 5.56 Å². The largest absolute Gasteiger partial charge is 0.394 e. The minimum absolute atomic E-state index is 0.0643. The molecule has 0 spiro atoms. The molecule has 0 aliphatic rings. The fourth-order valence-corrected chi connectivity index (χ4v) is 1.31. The van der Waals surface area contributed by atoms with Gasteiger partial charge in [-0.15, -0.1) is 0 Å². The van der Waals surface area contributed by atoms with Crippen molar-refractivity contribution in [3.63, 3.8) is 0 Å². The van der Waals surface area contributed by atoms with Crippen LogP contribution in [-0.4, -0.2) is 18.3 Å². The number of nitriles is 1. The van der Waals surface area contributed by atoms with Gasteiger partial charge < -0.3 is 9.84 Å². The molecule has 1 N–H and O–H groups in total. The van der Waals surface area contributed by atoms with Crippen LogP contribution in [0.5, 0.6) is 0 Å². The molecule has 0 fully saturated rings. The van der Waals surface area contributed by atoms with Crippen molar-refractivity contribution < 1.29 is 9.84 Å². The normalized spacial score (nSPS) is 12.1. The summed E-state index contributed by atoms with van der Waals surface area (Å²) in [5.41, 5.74) is 2.07. The third-order valence-electron chi connectivity index (χ3n) is 2.18. The summed E-state index contributed by atoms with van der Waals surface area (Å²) in [5.74, 6) is 0. The molecule has 0 radical (unpaired) electrons. The predicted octanol–water partition coefficient (Wildman–Crippen LogP) is 1.82. The van der Waals surface area contributed by atoms with E-state index in [9.17, 15) is 0 Å². The number of aliphatic hydroxyl groups is 1. The van der Waals surface area contributed by atoms with E-state index in [0.29, 0.717) is 0 Å². The molecule has 1 aromatic carbocycles. The van der Waals surface area contributed by atoms with Crippen LogP contribution < -0.4 is 0 Å². The van der Waals surface area contributed by atoms with Crippen molar-refractivity contribution in [1.82, 2.24) is 0 Å². The van der Waals surface area contributed by atoms with Crippen LogP contribution in [-0.2, 0) is 11.2 Å². The molecule has 3 nitrogen and oxygen atoms in total. The summed E-state index contributed by atoms with van der Waals surface area (Å²) >= 11 is 0. The maximum atomic E-state index is 8.88. The average Bonchev–Trinajstić information content (AvgIpc) is 2.31. The van der Waals surface area contributed by atoms with E-state index in [1.54, 1.807) is 0 Å². The number of aliphatic hydroxyl groups excluding tert-OH is 1. The van der Waals surface area contributed by atoms with Crippen LogP contribution in [0.3, 0.4) is 0 Å². The Morgan fingerprint density at radius 3 is 2.53 bits per heavy atom. The minimum Gasteiger partial charge on any atom is -0.394 e. The molecular weight excluding hydrogens is 190 g/mol. The summed E-state index contributed by atoms with van der Waals surface area (Å²) in [6.45, 7) is 2.21. The lowest BCUT2D eigenvalue weighted by Gasteiger charge is -2.10. The van der Waals surface area contributed by atoms with Gasteiger partial charge in [-0.05, 0) is 17.5 Å². The van der Waals surface area contributed by atoms with Gasteiger partial charge in [-0.25, -0.2) is 0 Å². The summed E-state index contributed by atoms with van der Waals surface area (Å²) in [4.78, 5) is 0. The first-order valence-electron chi connectivity index (χ1n) is 5.02. The van der Waals surface area contributed by atoms with Crippen LogP contribution in [0.2, 0.25) is 0 Å². The van der Waals surface area contributed by atoms with Crippen LogP contribution >= 0.6 is 0 Å². The second-order valence-corrected chi connectivity index (χ2v) is 3.20. The maximum Gasteiger partial charge on any atom is 0.169 e. The van der Waals surface area contributed by atoms with Crippen molar-refractivity contribution in [2.45, 2.75) is 19.4 Å². The third kappa shape index (κ3) is 3.35. The van der Waals surface area contributed by atoms with Gasteiger partial charge in [0.05, 0.1) is 19.3 Å². The first-order valence-corrected chi connectivity index (χ1v) is 5.02. The Balaban J connectivity index is 2.70. The maximum absolute atomic E-state index is 8.88. The molecule has 0 aromatic heterocycles. The second kappa shape index (κ2) is 6.18. The van der Waals surface area contributed by atoms with Crippen molar-refractivity contribution in [3.05, 3.63) is 35.4 Å².